The zero-order valence-electron chi connectivity index (χ0n) is 15.4. The van der Waals surface area contributed by atoms with Crippen molar-refractivity contribution in [1.29, 1.82) is 0 Å². The molecule has 0 aliphatic heterocycles. The lowest BCUT2D eigenvalue weighted by Crippen LogP contribution is -2.14. The third kappa shape index (κ3) is 7.07. The molecule has 150 valence electrons. The lowest BCUT2D eigenvalue weighted by Gasteiger charge is -2.09. The number of benzene rings is 3. The third-order valence-corrected chi connectivity index (χ3v) is 5.03. The molecule has 0 aliphatic rings. The molecular formula is C22H19ClF2N2OS. The predicted octanol–water partition coefficient (Wildman–Crippen LogP) is 6.45. The molecule has 3 aromatic rings. The highest BCUT2D eigenvalue weighted by Crippen LogP contribution is 2.26. The normalized spacial score (nSPS) is 10.8. The van der Waals surface area contributed by atoms with E-state index in [4.69, 9.17) is 11.6 Å². The molecule has 1 amide bonds. The summed E-state index contributed by atoms with van der Waals surface area (Å²) in [7, 11) is 0. The molecule has 3 nitrogen and oxygen atoms in total. The largest absolute Gasteiger partial charge is 0.381 e. The van der Waals surface area contributed by atoms with Gasteiger partial charge in [0.15, 0.2) is 0 Å². The van der Waals surface area contributed by atoms with Gasteiger partial charge in [0.05, 0.1) is 6.42 Å². The van der Waals surface area contributed by atoms with E-state index in [1.807, 2.05) is 48.5 Å². The SMILES string of the molecule is O=C(Cc1ccc(NCc2cccc(Cl)c2)cc1)Nc1ccc(SC(F)F)cc1. The molecule has 7 heteroatoms. The predicted molar refractivity (Wildman–Crippen MR) is 116 cm³/mol. The van der Waals surface area contributed by atoms with Crippen molar-refractivity contribution in [3.63, 3.8) is 0 Å². The Morgan fingerprint density at radius 1 is 0.931 bits per heavy atom. The second-order valence-corrected chi connectivity index (χ2v) is 7.81. The molecule has 0 atom stereocenters. The molecule has 0 aromatic heterocycles. The van der Waals surface area contributed by atoms with Gasteiger partial charge in [-0.2, -0.15) is 8.78 Å². The van der Waals surface area contributed by atoms with E-state index in [1.54, 1.807) is 24.3 Å². The minimum Gasteiger partial charge on any atom is -0.381 e. The molecule has 3 rings (SSSR count). The molecule has 0 radical (unpaired) electrons. The fraction of sp³-hybridized carbons (Fsp3) is 0.136. The lowest BCUT2D eigenvalue weighted by atomic mass is 10.1. The van der Waals surface area contributed by atoms with Crippen LogP contribution in [0.5, 0.6) is 0 Å². The summed E-state index contributed by atoms with van der Waals surface area (Å²) in [5.41, 5.74) is 3.48. The fourth-order valence-corrected chi connectivity index (χ4v) is 3.41. The highest BCUT2D eigenvalue weighted by Gasteiger charge is 2.07. The molecule has 0 unspecified atom stereocenters. The van der Waals surface area contributed by atoms with Gasteiger partial charge in [-0.25, -0.2) is 0 Å². The minimum atomic E-state index is -2.46. The van der Waals surface area contributed by atoms with Gasteiger partial charge in [0.2, 0.25) is 5.91 Å². The number of halogens is 3. The highest BCUT2D eigenvalue weighted by molar-refractivity contribution is 7.99. The Morgan fingerprint density at radius 2 is 1.62 bits per heavy atom. The Balaban J connectivity index is 1.49. The van der Waals surface area contributed by atoms with Crippen molar-refractivity contribution in [3.05, 3.63) is 88.9 Å². The van der Waals surface area contributed by atoms with Gasteiger partial charge in [0.25, 0.3) is 5.76 Å². The van der Waals surface area contributed by atoms with Crippen molar-refractivity contribution in [2.75, 3.05) is 10.6 Å². The van der Waals surface area contributed by atoms with Crippen LogP contribution in [0.3, 0.4) is 0 Å². The van der Waals surface area contributed by atoms with Gasteiger partial charge in [-0.3, -0.25) is 4.79 Å². The maximum absolute atomic E-state index is 12.3. The zero-order chi connectivity index (χ0) is 20.6. The summed E-state index contributed by atoms with van der Waals surface area (Å²) in [5.74, 6) is -2.63. The first kappa shape index (κ1) is 21.1. The number of nitrogens with one attached hydrogen (secondary N) is 2. The quantitative estimate of drug-likeness (QED) is 0.402. The molecule has 0 saturated carbocycles. The fourth-order valence-electron chi connectivity index (χ4n) is 2.70. The number of hydrogen-bond acceptors (Lipinski definition) is 3. The summed E-state index contributed by atoms with van der Waals surface area (Å²) < 4.78 is 24.7. The van der Waals surface area contributed by atoms with Crippen molar-refractivity contribution >= 4 is 40.6 Å². The molecule has 0 bridgehead atoms. The Bertz CT molecular complexity index is 950. The Kier molecular flexibility index (Phi) is 7.49. The number of rotatable bonds is 8. The van der Waals surface area contributed by atoms with Crippen LogP contribution >= 0.6 is 23.4 Å². The van der Waals surface area contributed by atoms with Gasteiger partial charge in [0, 0.05) is 27.8 Å². The maximum Gasteiger partial charge on any atom is 0.288 e. The van der Waals surface area contributed by atoms with Crippen molar-refractivity contribution in [1.82, 2.24) is 0 Å². The smallest absolute Gasteiger partial charge is 0.288 e. The second-order valence-electron chi connectivity index (χ2n) is 6.31. The molecule has 2 N–H and O–H groups in total. The molecular weight excluding hydrogens is 414 g/mol. The Labute approximate surface area is 177 Å². The van der Waals surface area contributed by atoms with E-state index < -0.39 is 5.76 Å². The number of carbonyl (C=O) groups excluding carboxylic acids is 1. The molecule has 0 aliphatic carbocycles. The average Bonchev–Trinajstić information content (AvgIpc) is 2.69. The van der Waals surface area contributed by atoms with Crippen LogP contribution in [0.2, 0.25) is 5.02 Å². The van der Waals surface area contributed by atoms with Gasteiger partial charge >= 0.3 is 0 Å². The van der Waals surface area contributed by atoms with Gasteiger partial charge in [-0.15, -0.1) is 0 Å². The number of thioether (sulfide) groups is 1. The standard InChI is InChI=1S/C22H19ClF2N2OS/c23-17-3-1-2-16(12-17)14-26-18-6-4-15(5-7-18)13-21(28)27-19-8-10-20(11-9-19)29-22(24)25/h1-12,22,26H,13-14H2,(H,27,28). The lowest BCUT2D eigenvalue weighted by molar-refractivity contribution is -0.115. The van der Waals surface area contributed by atoms with Crippen LogP contribution in [-0.4, -0.2) is 11.7 Å². The van der Waals surface area contributed by atoms with Crippen LogP contribution in [0.4, 0.5) is 20.2 Å². The zero-order valence-corrected chi connectivity index (χ0v) is 16.9. The van der Waals surface area contributed by atoms with E-state index in [0.29, 0.717) is 33.9 Å². The molecule has 0 saturated heterocycles. The van der Waals surface area contributed by atoms with Crippen molar-refractivity contribution < 1.29 is 13.6 Å². The van der Waals surface area contributed by atoms with Crippen LogP contribution < -0.4 is 10.6 Å². The number of hydrogen-bond donors (Lipinski definition) is 2. The Hall–Kier alpha value is -2.57. The van der Waals surface area contributed by atoms with E-state index in [1.165, 1.54) is 0 Å². The van der Waals surface area contributed by atoms with Crippen molar-refractivity contribution in [2.45, 2.75) is 23.6 Å². The first-order valence-corrected chi connectivity index (χ1v) is 10.2. The van der Waals surface area contributed by atoms with Gasteiger partial charge in [-0.1, -0.05) is 47.6 Å². The first-order valence-electron chi connectivity index (χ1n) is 8.90. The Morgan fingerprint density at radius 3 is 2.28 bits per heavy atom. The van der Waals surface area contributed by atoms with Crippen molar-refractivity contribution in [2.24, 2.45) is 0 Å². The van der Waals surface area contributed by atoms with E-state index in [9.17, 15) is 13.6 Å². The number of carbonyl (C=O) groups is 1. The topological polar surface area (TPSA) is 41.1 Å². The van der Waals surface area contributed by atoms with E-state index in [0.717, 1.165) is 16.8 Å². The summed E-state index contributed by atoms with van der Waals surface area (Å²) in [6, 6.07) is 21.6. The highest BCUT2D eigenvalue weighted by atomic mass is 35.5. The maximum atomic E-state index is 12.3. The van der Waals surface area contributed by atoms with Crippen LogP contribution in [0.25, 0.3) is 0 Å². The molecule has 0 spiro atoms. The van der Waals surface area contributed by atoms with Crippen LogP contribution in [-0.2, 0) is 17.8 Å². The van der Waals surface area contributed by atoms with Crippen LogP contribution in [0.1, 0.15) is 11.1 Å². The van der Waals surface area contributed by atoms with E-state index in [2.05, 4.69) is 10.6 Å². The van der Waals surface area contributed by atoms with Gasteiger partial charge < -0.3 is 10.6 Å². The monoisotopic (exact) mass is 432 g/mol. The minimum absolute atomic E-state index is 0.168. The summed E-state index contributed by atoms with van der Waals surface area (Å²) in [6.07, 6.45) is 0.224. The number of alkyl halides is 2. The summed E-state index contributed by atoms with van der Waals surface area (Å²) in [4.78, 5) is 12.7. The average molecular weight is 433 g/mol. The molecule has 3 aromatic carbocycles. The van der Waals surface area contributed by atoms with Crippen molar-refractivity contribution in [3.8, 4) is 0 Å². The van der Waals surface area contributed by atoms with Crippen LogP contribution in [0.15, 0.2) is 77.7 Å². The molecule has 29 heavy (non-hydrogen) atoms. The summed E-state index contributed by atoms with van der Waals surface area (Å²) in [5, 5.41) is 6.79. The molecule has 0 heterocycles. The number of amides is 1. The van der Waals surface area contributed by atoms with Gasteiger partial charge in [-0.05, 0) is 59.7 Å². The first-order chi connectivity index (χ1) is 14.0. The van der Waals surface area contributed by atoms with E-state index >= 15 is 0 Å². The number of anilines is 2. The van der Waals surface area contributed by atoms with E-state index in [-0.39, 0.29) is 12.3 Å². The molecule has 0 fully saturated rings. The van der Waals surface area contributed by atoms with Crippen LogP contribution in [0, 0.1) is 0 Å². The third-order valence-electron chi connectivity index (χ3n) is 4.07. The second kappa shape index (κ2) is 10.3. The summed E-state index contributed by atoms with van der Waals surface area (Å²) in [6.45, 7) is 0.653. The van der Waals surface area contributed by atoms with Gasteiger partial charge in [0.1, 0.15) is 0 Å². The summed E-state index contributed by atoms with van der Waals surface area (Å²) >= 11 is 6.46.